The largest absolute Gasteiger partial charge is 0.488 e. The summed E-state index contributed by atoms with van der Waals surface area (Å²) in [6.07, 6.45) is 0. The summed E-state index contributed by atoms with van der Waals surface area (Å²) in [4.78, 5) is 0. The minimum atomic E-state index is -1.57. The maximum Gasteiger partial charge on any atom is 0.488 e. The lowest BCUT2D eigenvalue weighted by Gasteiger charge is -2.03. The fourth-order valence-electron chi connectivity index (χ4n) is 1.89. The van der Waals surface area contributed by atoms with Gasteiger partial charge in [0.05, 0.1) is 10.6 Å². The van der Waals surface area contributed by atoms with Crippen LogP contribution in [-0.2, 0) is 0 Å². The Labute approximate surface area is 126 Å². The third-order valence-corrected chi connectivity index (χ3v) is 3.28. The van der Waals surface area contributed by atoms with E-state index in [1.165, 1.54) is 12.1 Å². The molecule has 0 saturated carbocycles. The van der Waals surface area contributed by atoms with Gasteiger partial charge in [-0.15, -0.1) is 10.2 Å². The third kappa shape index (κ3) is 2.83. The van der Waals surface area contributed by atoms with Gasteiger partial charge < -0.3 is 14.5 Å². The highest BCUT2D eigenvalue weighted by Gasteiger charge is 2.17. The smallest absolute Gasteiger partial charge is 0.423 e. The highest BCUT2D eigenvalue weighted by Crippen LogP contribution is 2.28. The van der Waals surface area contributed by atoms with Crippen molar-refractivity contribution in [2.24, 2.45) is 0 Å². The van der Waals surface area contributed by atoms with Crippen LogP contribution in [0.2, 0.25) is 5.02 Å². The van der Waals surface area contributed by atoms with Crippen molar-refractivity contribution in [3.05, 3.63) is 53.6 Å². The topological polar surface area (TPSA) is 79.4 Å². The molecule has 0 unspecified atom stereocenters. The van der Waals surface area contributed by atoms with Crippen molar-refractivity contribution in [2.75, 3.05) is 0 Å². The predicted molar refractivity (Wildman–Crippen MR) is 80.0 cm³/mol. The first kappa shape index (κ1) is 13.8. The zero-order chi connectivity index (χ0) is 14.8. The van der Waals surface area contributed by atoms with Crippen molar-refractivity contribution in [1.82, 2.24) is 10.2 Å². The van der Waals surface area contributed by atoms with Crippen LogP contribution in [0.4, 0.5) is 0 Å². The zero-order valence-electron chi connectivity index (χ0n) is 10.8. The van der Waals surface area contributed by atoms with Gasteiger partial charge in [0.1, 0.15) is 0 Å². The van der Waals surface area contributed by atoms with E-state index in [2.05, 4.69) is 10.2 Å². The SMILES string of the molecule is OB(O)c1ccc(-c2nnc(-c3ccccc3)o2)c(Cl)c1. The van der Waals surface area contributed by atoms with Gasteiger partial charge in [-0.2, -0.15) is 0 Å². The number of benzene rings is 2. The Kier molecular flexibility index (Phi) is 3.75. The number of halogens is 1. The second kappa shape index (κ2) is 5.69. The summed E-state index contributed by atoms with van der Waals surface area (Å²) in [5.74, 6) is 0.672. The van der Waals surface area contributed by atoms with Crippen LogP contribution in [0.3, 0.4) is 0 Å². The Morgan fingerprint density at radius 2 is 1.67 bits per heavy atom. The lowest BCUT2D eigenvalue weighted by atomic mass is 9.80. The van der Waals surface area contributed by atoms with Crippen LogP contribution in [0.25, 0.3) is 22.9 Å². The first-order chi connectivity index (χ1) is 10.1. The average Bonchev–Trinajstić information content (AvgIpc) is 2.97. The summed E-state index contributed by atoms with van der Waals surface area (Å²) in [7, 11) is -1.57. The number of hydrogen-bond donors (Lipinski definition) is 2. The molecule has 1 aromatic heterocycles. The molecular weight excluding hydrogens is 290 g/mol. The van der Waals surface area contributed by atoms with Gasteiger partial charge in [-0.1, -0.05) is 35.9 Å². The Hall–Kier alpha value is -2.15. The maximum absolute atomic E-state index is 9.11. The van der Waals surface area contributed by atoms with Crippen molar-refractivity contribution in [1.29, 1.82) is 0 Å². The zero-order valence-corrected chi connectivity index (χ0v) is 11.5. The van der Waals surface area contributed by atoms with Crippen molar-refractivity contribution in [2.45, 2.75) is 0 Å². The quantitative estimate of drug-likeness (QED) is 0.720. The van der Waals surface area contributed by atoms with Crippen LogP contribution < -0.4 is 5.46 Å². The van der Waals surface area contributed by atoms with E-state index in [1.54, 1.807) is 6.07 Å². The Balaban J connectivity index is 1.97. The van der Waals surface area contributed by atoms with Gasteiger partial charge in [-0.25, -0.2) is 0 Å². The lowest BCUT2D eigenvalue weighted by Crippen LogP contribution is -2.29. The molecule has 0 saturated heterocycles. The molecule has 2 aromatic carbocycles. The van der Waals surface area contributed by atoms with Crippen molar-refractivity contribution >= 4 is 24.2 Å². The number of aromatic nitrogens is 2. The fraction of sp³-hybridized carbons (Fsp3) is 0. The Morgan fingerprint density at radius 3 is 2.33 bits per heavy atom. The van der Waals surface area contributed by atoms with Crippen LogP contribution >= 0.6 is 11.6 Å². The van der Waals surface area contributed by atoms with Crippen LogP contribution in [0.15, 0.2) is 52.9 Å². The van der Waals surface area contributed by atoms with E-state index < -0.39 is 7.12 Å². The second-order valence-corrected chi connectivity index (χ2v) is 4.80. The molecule has 0 aliphatic rings. The second-order valence-electron chi connectivity index (χ2n) is 4.39. The molecule has 1 heterocycles. The van der Waals surface area contributed by atoms with Crippen molar-refractivity contribution in [3.8, 4) is 22.9 Å². The first-order valence-corrected chi connectivity index (χ1v) is 6.58. The molecule has 3 aromatic rings. The molecule has 0 radical (unpaired) electrons. The lowest BCUT2D eigenvalue weighted by molar-refractivity contribution is 0.426. The predicted octanol–water partition coefficient (Wildman–Crippen LogP) is 1.74. The van der Waals surface area contributed by atoms with E-state index in [4.69, 9.17) is 26.1 Å². The van der Waals surface area contributed by atoms with Crippen LogP contribution in [0.1, 0.15) is 0 Å². The van der Waals surface area contributed by atoms with Gasteiger partial charge in [0.25, 0.3) is 0 Å². The van der Waals surface area contributed by atoms with Crippen molar-refractivity contribution in [3.63, 3.8) is 0 Å². The molecule has 7 heteroatoms. The number of rotatable bonds is 3. The summed E-state index contributed by atoms with van der Waals surface area (Å²) >= 11 is 6.11. The normalized spacial score (nSPS) is 10.6. The molecule has 0 amide bonds. The molecule has 0 aliphatic carbocycles. The van der Waals surface area contributed by atoms with E-state index in [1.807, 2.05) is 30.3 Å². The Morgan fingerprint density at radius 1 is 0.952 bits per heavy atom. The van der Waals surface area contributed by atoms with Gasteiger partial charge in [0, 0.05) is 5.56 Å². The molecule has 0 bridgehead atoms. The van der Waals surface area contributed by atoms with E-state index >= 15 is 0 Å². The van der Waals surface area contributed by atoms with Gasteiger partial charge in [-0.3, -0.25) is 0 Å². The van der Waals surface area contributed by atoms with Crippen molar-refractivity contribution < 1.29 is 14.5 Å². The number of nitrogens with zero attached hydrogens (tertiary/aromatic N) is 2. The van der Waals surface area contributed by atoms with Gasteiger partial charge in [0.2, 0.25) is 11.8 Å². The Bertz CT molecular complexity index is 762. The van der Waals surface area contributed by atoms with Gasteiger partial charge >= 0.3 is 7.12 Å². The first-order valence-electron chi connectivity index (χ1n) is 6.20. The highest BCUT2D eigenvalue weighted by atomic mass is 35.5. The molecule has 0 spiro atoms. The standard InChI is InChI=1S/C14H10BClN2O3/c16-12-8-10(15(19)20)6-7-11(12)14-18-17-13(21-14)9-4-2-1-3-5-9/h1-8,19-20H. The monoisotopic (exact) mass is 300 g/mol. The molecule has 0 aliphatic heterocycles. The summed E-state index contributed by atoms with van der Waals surface area (Å²) in [6, 6.07) is 14.0. The summed E-state index contributed by atoms with van der Waals surface area (Å²) < 4.78 is 5.61. The molecule has 21 heavy (non-hydrogen) atoms. The molecular formula is C14H10BClN2O3. The number of hydrogen-bond acceptors (Lipinski definition) is 5. The van der Waals surface area contributed by atoms with Crippen LogP contribution in [0, 0.1) is 0 Å². The molecule has 0 fully saturated rings. The summed E-state index contributed by atoms with van der Waals surface area (Å²) in [6.45, 7) is 0. The molecule has 2 N–H and O–H groups in total. The minimum absolute atomic E-state index is 0.276. The highest BCUT2D eigenvalue weighted by molar-refractivity contribution is 6.59. The van der Waals surface area contributed by atoms with E-state index in [0.717, 1.165) is 5.56 Å². The summed E-state index contributed by atoms with van der Waals surface area (Å²) in [5.41, 5.74) is 1.65. The molecule has 104 valence electrons. The molecule has 0 atom stereocenters. The third-order valence-electron chi connectivity index (χ3n) is 2.97. The fourth-order valence-corrected chi connectivity index (χ4v) is 2.16. The average molecular weight is 301 g/mol. The van der Waals surface area contributed by atoms with Gasteiger partial charge in [-0.05, 0) is 29.7 Å². The maximum atomic E-state index is 9.11. The van der Waals surface area contributed by atoms with Crippen LogP contribution in [0.5, 0.6) is 0 Å². The molecule has 3 rings (SSSR count). The van der Waals surface area contributed by atoms with E-state index in [0.29, 0.717) is 21.9 Å². The molecule has 5 nitrogen and oxygen atoms in total. The van der Waals surface area contributed by atoms with E-state index in [9.17, 15) is 0 Å². The minimum Gasteiger partial charge on any atom is -0.423 e. The van der Waals surface area contributed by atoms with E-state index in [-0.39, 0.29) is 5.89 Å². The summed E-state index contributed by atoms with van der Waals surface area (Å²) in [5, 5.41) is 26.5. The van der Waals surface area contributed by atoms with Crippen LogP contribution in [-0.4, -0.2) is 27.4 Å². The van der Waals surface area contributed by atoms with Gasteiger partial charge in [0.15, 0.2) is 0 Å².